The average molecular weight is 215 g/mol. The first-order valence-corrected chi connectivity index (χ1v) is 4.61. The van der Waals surface area contributed by atoms with Gasteiger partial charge in [-0.2, -0.15) is 0 Å². The van der Waals surface area contributed by atoms with E-state index in [1.165, 1.54) is 12.3 Å². The van der Waals surface area contributed by atoms with Crippen molar-refractivity contribution in [2.75, 3.05) is 12.3 Å². The van der Waals surface area contributed by atoms with Crippen LogP contribution in [0.4, 0.5) is 5.69 Å². The minimum atomic E-state index is -0.489. The van der Waals surface area contributed by atoms with Crippen LogP contribution in [0.5, 0.6) is 0 Å². The lowest BCUT2D eigenvalue weighted by Gasteiger charge is -2.04. The highest BCUT2D eigenvalue weighted by molar-refractivity contribution is 6.32. The van der Waals surface area contributed by atoms with E-state index in [-0.39, 0.29) is 10.7 Å². The molecule has 14 heavy (non-hydrogen) atoms. The van der Waals surface area contributed by atoms with E-state index in [1.807, 2.05) is 6.92 Å². The van der Waals surface area contributed by atoms with Crippen LogP contribution in [0.3, 0.4) is 0 Å². The topological polar surface area (TPSA) is 65.2 Å². The molecule has 0 aliphatic heterocycles. The summed E-state index contributed by atoms with van der Waals surface area (Å²) in [4.78, 5) is 15.1. The summed E-state index contributed by atoms with van der Waals surface area (Å²) < 4.78 is 4.89. The highest BCUT2D eigenvalue weighted by Gasteiger charge is 2.12. The second-order valence-electron chi connectivity index (χ2n) is 2.74. The summed E-state index contributed by atoms with van der Waals surface area (Å²) >= 11 is 5.70. The summed E-state index contributed by atoms with van der Waals surface area (Å²) in [6.07, 6.45) is 2.15. The van der Waals surface area contributed by atoms with Crippen LogP contribution in [0.1, 0.15) is 23.7 Å². The molecule has 4 nitrogen and oxygen atoms in total. The number of rotatable bonds is 3. The Bertz CT molecular complexity index is 342. The fraction of sp³-hybridized carbons (Fsp3) is 0.333. The average Bonchev–Trinajstić information content (AvgIpc) is 2.18. The van der Waals surface area contributed by atoms with Crippen molar-refractivity contribution in [1.29, 1.82) is 0 Å². The number of anilines is 1. The Kier molecular flexibility index (Phi) is 3.71. The Labute approximate surface area is 87.0 Å². The molecule has 0 amide bonds. The summed E-state index contributed by atoms with van der Waals surface area (Å²) in [7, 11) is 0. The van der Waals surface area contributed by atoms with E-state index >= 15 is 0 Å². The molecule has 0 spiro atoms. The second kappa shape index (κ2) is 4.81. The van der Waals surface area contributed by atoms with E-state index in [4.69, 9.17) is 22.1 Å². The summed E-state index contributed by atoms with van der Waals surface area (Å²) in [6.45, 7) is 2.27. The maximum absolute atomic E-state index is 11.4. The highest BCUT2D eigenvalue weighted by Crippen LogP contribution is 2.16. The third kappa shape index (κ3) is 2.60. The molecule has 0 bridgehead atoms. The molecule has 0 atom stereocenters. The molecule has 0 fully saturated rings. The van der Waals surface area contributed by atoms with E-state index in [0.717, 1.165) is 6.42 Å². The summed E-state index contributed by atoms with van der Waals surface area (Å²) in [5.74, 6) is -0.489. The Morgan fingerprint density at radius 3 is 3.07 bits per heavy atom. The molecule has 0 unspecified atom stereocenters. The molecule has 0 radical (unpaired) electrons. The number of aromatic nitrogens is 1. The van der Waals surface area contributed by atoms with E-state index in [9.17, 15) is 4.79 Å². The number of pyridine rings is 1. The lowest BCUT2D eigenvalue weighted by molar-refractivity contribution is 0.0505. The molecule has 1 rings (SSSR count). The standard InChI is InChI=1S/C9H11ClN2O2/c1-2-3-14-9(13)7-4-6(11)5-12-8(7)10/h4-5H,2-3,11H2,1H3. The van der Waals surface area contributed by atoms with Gasteiger partial charge in [-0.05, 0) is 12.5 Å². The van der Waals surface area contributed by atoms with Crippen LogP contribution in [0.15, 0.2) is 12.3 Å². The Morgan fingerprint density at radius 2 is 2.43 bits per heavy atom. The monoisotopic (exact) mass is 214 g/mol. The summed E-state index contributed by atoms with van der Waals surface area (Å²) in [5, 5.41) is 0.111. The molecule has 5 heteroatoms. The van der Waals surface area contributed by atoms with E-state index < -0.39 is 5.97 Å². The van der Waals surface area contributed by atoms with Gasteiger partial charge < -0.3 is 10.5 Å². The highest BCUT2D eigenvalue weighted by atomic mass is 35.5. The number of nitrogens with zero attached hydrogens (tertiary/aromatic N) is 1. The number of esters is 1. The maximum atomic E-state index is 11.4. The minimum Gasteiger partial charge on any atom is -0.462 e. The zero-order valence-electron chi connectivity index (χ0n) is 7.79. The number of halogens is 1. The van der Waals surface area contributed by atoms with Gasteiger partial charge in [0.15, 0.2) is 0 Å². The summed E-state index contributed by atoms with van der Waals surface area (Å²) in [5.41, 5.74) is 6.06. The molecule has 1 heterocycles. The third-order valence-corrected chi connectivity index (χ3v) is 1.82. The number of carbonyl (C=O) groups excluding carboxylic acids is 1. The Hall–Kier alpha value is -1.29. The van der Waals surface area contributed by atoms with Crippen molar-refractivity contribution in [2.45, 2.75) is 13.3 Å². The van der Waals surface area contributed by atoms with Gasteiger partial charge in [0.05, 0.1) is 24.1 Å². The summed E-state index contributed by atoms with van der Waals surface area (Å²) in [6, 6.07) is 1.45. The predicted octanol–water partition coefficient (Wildman–Crippen LogP) is 1.88. The molecule has 1 aromatic rings. The largest absolute Gasteiger partial charge is 0.462 e. The van der Waals surface area contributed by atoms with Crippen LogP contribution in [0, 0.1) is 0 Å². The van der Waals surface area contributed by atoms with Crippen molar-refractivity contribution in [3.63, 3.8) is 0 Å². The lowest BCUT2D eigenvalue weighted by Crippen LogP contribution is -2.08. The van der Waals surface area contributed by atoms with Gasteiger partial charge in [-0.1, -0.05) is 18.5 Å². The number of ether oxygens (including phenoxy) is 1. The molecule has 76 valence electrons. The van der Waals surface area contributed by atoms with Gasteiger partial charge in [0.2, 0.25) is 0 Å². The molecule has 0 aromatic carbocycles. The molecule has 1 aromatic heterocycles. The molecule has 0 saturated heterocycles. The van der Waals surface area contributed by atoms with Gasteiger partial charge in [0.25, 0.3) is 0 Å². The first kappa shape index (κ1) is 10.8. The van der Waals surface area contributed by atoms with Gasteiger partial charge >= 0.3 is 5.97 Å². The molecule has 0 aliphatic rings. The molecular formula is C9H11ClN2O2. The maximum Gasteiger partial charge on any atom is 0.341 e. The van der Waals surface area contributed by atoms with Crippen LogP contribution in [-0.4, -0.2) is 17.6 Å². The van der Waals surface area contributed by atoms with Gasteiger partial charge in [-0.25, -0.2) is 9.78 Å². The van der Waals surface area contributed by atoms with Crippen molar-refractivity contribution >= 4 is 23.3 Å². The zero-order chi connectivity index (χ0) is 10.6. The Morgan fingerprint density at radius 1 is 1.71 bits per heavy atom. The minimum absolute atomic E-state index is 0.111. The van der Waals surface area contributed by atoms with Crippen molar-refractivity contribution in [2.24, 2.45) is 0 Å². The van der Waals surface area contributed by atoms with Crippen molar-refractivity contribution in [3.05, 3.63) is 23.0 Å². The molecule has 2 N–H and O–H groups in total. The van der Waals surface area contributed by atoms with Crippen LogP contribution in [0.2, 0.25) is 5.15 Å². The lowest BCUT2D eigenvalue weighted by atomic mass is 10.2. The van der Waals surface area contributed by atoms with E-state index in [1.54, 1.807) is 0 Å². The number of nitrogen functional groups attached to an aromatic ring is 1. The van der Waals surface area contributed by atoms with Crippen molar-refractivity contribution in [3.8, 4) is 0 Å². The SMILES string of the molecule is CCCOC(=O)c1cc(N)cnc1Cl. The number of nitrogens with two attached hydrogens (primary N) is 1. The normalized spacial score (nSPS) is 9.86. The second-order valence-corrected chi connectivity index (χ2v) is 3.10. The van der Waals surface area contributed by atoms with Crippen molar-refractivity contribution < 1.29 is 9.53 Å². The van der Waals surface area contributed by atoms with Crippen LogP contribution in [-0.2, 0) is 4.74 Å². The smallest absolute Gasteiger partial charge is 0.341 e. The van der Waals surface area contributed by atoms with Gasteiger partial charge in [-0.15, -0.1) is 0 Å². The van der Waals surface area contributed by atoms with Gasteiger partial charge in [0, 0.05) is 0 Å². The van der Waals surface area contributed by atoms with Gasteiger partial charge in [0.1, 0.15) is 5.15 Å². The Balaban J connectivity index is 2.83. The van der Waals surface area contributed by atoms with Gasteiger partial charge in [-0.3, -0.25) is 0 Å². The van der Waals surface area contributed by atoms with E-state index in [2.05, 4.69) is 4.98 Å². The molecule has 0 aliphatic carbocycles. The molecular weight excluding hydrogens is 204 g/mol. The van der Waals surface area contributed by atoms with Crippen molar-refractivity contribution in [1.82, 2.24) is 4.98 Å². The van der Waals surface area contributed by atoms with Crippen LogP contribution in [0.25, 0.3) is 0 Å². The number of hydrogen-bond acceptors (Lipinski definition) is 4. The predicted molar refractivity (Wildman–Crippen MR) is 54.2 cm³/mol. The molecule has 0 saturated carbocycles. The number of hydrogen-bond donors (Lipinski definition) is 1. The first-order valence-electron chi connectivity index (χ1n) is 4.23. The fourth-order valence-electron chi connectivity index (χ4n) is 0.880. The fourth-order valence-corrected chi connectivity index (χ4v) is 1.06. The number of carbonyl (C=O) groups is 1. The van der Waals surface area contributed by atoms with Crippen LogP contribution >= 0.6 is 11.6 Å². The first-order chi connectivity index (χ1) is 6.65. The third-order valence-electron chi connectivity index (χ3n) is 1.52. The van der Waals surface area contributed by atoms with Crippen LogP contribution < -0.4 is 5.73 Å². The zero-order valence-corrected chi connectivity index (χ0v) is 8.54. The quantitative estimate of drug-likeness (QED) is 0.616. The van der Waals surface area contributed by atoms with E-state index in [0.29, 0.717) is 12.3 Å².